The van der Waals surface area contributed by atoms with Gasteiger partial charge in [-0.2, -0.15) is 0 Å². The zero-order valence-corrected chi connectivity index (χ0v) is 12.7. The number of benzene rings is 1. The number of halogens is 2. The van der Waals surface area contributed by atoms with Gasteiger partial charge in [0.1, 0.15) is 5.82 Å². The van der Waals surface area contributed by atoms with Crippen molar-refractivity contribution in [3.05, 3.63) is 29.8 Å². The highest BCUT2D eigenvalue weighted by Gasteiger charge is 2.36. The van der Waals surface area contributed by atoms with E-state index in [9.17, 15) is 13.6 Å². The minimum atomic E-state index is -0.824. The molecule has 2 aliphatic heterocycles. The van der Waals surface area contributed by atoms with Crippen LogP contribution in [0.2, 0.25) is 0 Å². The third-order valence-corrected chi connectivity index (χ3v) is 4.08. The Bertz CT molecular complexity index is 563. The van der Waals surface area contributed by atoms with Crippen LogP contribution in [0.3, 0.4) is 0 Å². The monoisotopic (exact) mass is 327 g/mol. The summed E-state index contributed by atoms with van der Waals surface area (Å²) in [5, 5.41) is 0. The lowest BCUT2D eigenvalue weighted by Gasteiger charge is -2.37. The van der Waals surface area contributed by atoms with Crippen LogP contribution < -0.4 is 4.74 Å². The van der Waals surface area contributed by atoms with Crippen LogP contribution in [0.1, 0.15) is 19.3 Å². The molecule has 2 aliphatic rings. The fourth-order valence-electron chi connectivity index (χ4n) is 2.96. The van der Waals surface area contributed by atoms with Crippen LogP contribution in [0.4, 0.5) is 8.78 Å². The van der Waals surface area contributed by atoms with E-state index in [-0.39, 0.29) is 24.3 Å². The Balaban J connectivity index is 1.61. The molecule has 7 heteroatoms. The molecule has 2 saturated heterocycles. The molecule has 0 saturated carbocycles. The number of ether oxygens (including phenoxy) is 3. The molecule has 1 amide bonds. The number of likely N-dealkylation sites (tertiary alicyclic amines) is 1. The van der Waals surface area contributed by atoms with E-state index in [4.69, 9.17) is 14.2 Å². The van der Waals surface area contributed by atoms with Gasteiger partial charge in [0, 0.05) is 12.6 Å². The Morgan fingerprint density at radius 2 is 2.04 bits per heavy atom. The molecule has 5 nitrogen and oxygen atoms in total. The van der Waals surface area contributed by atoms with Crippen molar-refractivity contribution in [2.24, 2.45) is 0 Å². The van der Waals surface area contributed by atoms with Crippen molar-refractivity contribution in [2.45, 2.75) is 31.6 Å². The number of nitrogens with zero attached hydrogens (tertiary/aromatic N) is 1. The van der Waals surface area contributed by atoms with Crippen LogP contribution in [-0.2, 0) is 14.3 Å². The van der Waals surface area contributed by atoms with Crippen molar-refractivity contribution in [3.8, 4) is 5.75 Å². The number of carbonyl (C=O) groups is 1. The van der Waals surface area contributed by atoms with Crippen LogP contribution in [0.25, 0.3) is 0 Å². The van der Waals surface area contributed by atoms with E-state index in [2.05, 4.69) is 0 Å². The Hall–Kier alpha value is -1.73. The van der Waals surface area contributed by atoms with Gasteiger partial charge in [0.05, 0.1) is 19.3 Å². The van der Waals surface area contributed by atoms with E-state index >= 15 is 0 Å². The van der Waals surface area contributed by atoms with Crippen molar-refractivity contribution >= 4 is 5.91 Å². The quantitative estimate of drug-likeness (QED) is 0.850. The van der Waals surface area contributed by atoms with Gasteiger partial charge in [-0.1, -0.05) is 0 Å². The molecular weight excluding hydrogens is 308 g/mol. The maximum atomic E-state index is 13.5. The van der Waals surface area contributed by atoms with Gasteiger partial charge in [-0.3, -0.25) is 4.79 Å². The second-order valence-corrected chi connectivity index (χ2v) is 5.62. The van der Waals surface area contributed by atoms with Crippen LogP contribution >= 0.6 is 0 Å². The molecule has 1 atom stereocenters. The lowest BCUT2D eigenvalue weighted by molar-refractivity contribution is -0.152. The summed E-state index contributed by atoms with van der Waals surface area (Å²) in [6.45, 7) is 1.36. The maximum absolute atomic E-state index is 13.5. The average Bonchev–Trinajstić information content (AvgIpc) is 3.08. The van der Waals surface area contributed by atoms with Crippen LogP contribution in [-0.4, -0.2) is 49.5 Å². The van der Waals surface area contributed by atoms with Gasteiger partial charge in [-0.15, -0.1) is 0 Å². The summed E-state index contributed by atoms with van der Waals surface area (Å²) in [4.78, 5) is 14.1. The first-order chi connectivity index (χ1) is 11.1. The summed E-state index contributed by atoms with van der Waals surface area (Å²) in [6.07, 6.45) is 2.31. The molecule has 0 radical (unpaired) electrons. The second kappa shape index (κ2) is 7.23. The summed E-state index contributed by atoms with van der Waals surface area (Å²) in [5.74, 6) is -1.90. The molecule has 0 spiro atoms. The molecule has 0 bridgehead atoms. The number of hydrogen-bond acceptors (Lipinski definition) is 4. The summed E-state index contributed by atoms with van der Waals surface area (Å²) in [6, 6.07) is 2.85. The molecule has 23 heavy (non-hydrogen) atoms. The highest BCUT2D eigenvalue weighted by atomic mass is 19.1. The molecule has 2 heterocycles. The van der Waals surface area contributed by atoms with E-state index in [0.29, 0.717) is 19.8 Å². The van der Waals surface area contributed by atoms with Crippen molar-refractivity contribution in [1.82, 2.24) is 4.90 Å². The van der Waals surface area contributed by atoms with Crippen molar-refractivity contribution in [1.29, 1.82) is 0 Å². The minimum absolute atomic E-state index is 0.137. The van der Waals surface area contributed by atoms with E-state index in [1.54, 1.807) is 4.90 Å². The lowest BCUT2D eigenvalue weighted by atomic mass is 10.0. The third kappa shape index (κ3) is 3.79. The Morgan fingerprint density at radius 1 is 1.26 bits per heavy atom. The molecule has 0 aromatic heterocycles. The molecule has 1 aromatic rings. The first-order valence-corrected chi connectivity index (χ1v) is 7.75. The maximum Gasteiger partial charge on any atom is 0.260 e. The molecule has 126 valence electrons. The number of carbonyl (C=O) groups excluding carboxylic acids is 1. The first-order valence-electron chi connectivity index (χ1n) is 7.75. The molecule has 2 fully saturated rings. The molecule has 3 rings (SSSR count). The zero-order valence-electron chi connectivity index (χ0n) is 12.7. The van der Waals surface area contributed by atoms with Crippen LogP contribution in [0.5, 0.6) is 5.75 Å². The van der Waals surface area contributed by atoms with Gasteiger partial charge in [0.25, 0.3) is 5.91 Å². The molecule has 0 N–H and O–H groups in total. The molecule has 1 aromatic carbocycles. The van der Waals surface area contributed by atoms with Crippen molar-refractivity contribution < 1.29 is 27.8 Å². The van der Waals surface area contributed by atoms with Gasteiger partial charge < -0.3 is 19.1 Å². The van der Waals surface area contributed by atoms with Crippen LogP contribution in [0, 0.1) is 11.6 Å². The van der Waals surface area contributed by atoms with Crippen molar-refractivity contribution in [3.63, 3.8) is 0 Å². The highest BCUT2D eigenvalue weighted by molar-refractivity contribution is 5.78. The Morgan fingerprint density at radius 3 is 2.78 bits per heavy atom. The SMILES string of the molecule is O=C(COc1ccc(F)cc1F)N1CCCC[C@@H]1C1OCCO1. The van der Waals surface area contributed by atoms with Gasteiger partial charge in [0.15, 0.2) is 24.5 Å². The Labute approximate surface area is 133 Å². The minimum Gasteiger partial charge on any atom is -0.481 e. The predicted molar refractivity (Wildman–Crippen MR) is 76.9 cm³/mol. The highest BCUT2D eigenvalue weighted by Crippen LogP contribution is 2.25. The number of hydrogen-bond donors (Lipinski definition) is 0. The third-order valence-electron chi connectivity index (χ3n) is 4.08. The van der Waals surface area contributed by atoms with Gasteiger partial charge in [0.2, 0.25) is 0 Å². The number of amides is 1. The standard InChI is InChI=1S/C16H19F2NO4/c17-11-4-5-14(12(18)9-11)23-10-15(20)19-6-2-1-3-13(19)16-21-7-8-22-16/h4-5,9,13,16H,1-3,6-8,10H2/t13-/m1/s1. The van der Waals surface area contributed by atoms with E-state index in [0.717, 1.165) is 31.4 Å². The van der Waals surface area contributed by atoms with E-state index in [1.165, 1.54) is 6.07 Å². The lowest BCUT2D eigenvalue weighted by Crippen LogP contribution is -2.51. The average molecular weight is 327 g/mol. The van der Waals surface area contributed by atoms with Gasteiger partial charge in [-0.25, -0.2) is 8.78 Å². The van der Waals surface area contributed by atoms with E-state index < -0.39 is 17.9 Å². The predicted octanol–water partition coefficient (Wildman–Crippen LogP) is 2.10. The first kappa shape index (κ1) is 16.1. The topological polar surface area (TPSA) is 48.0 Å². The summed E-state index contributed by atoms with van der Waals surface area (Å²) < 4.78 is 42.6. The smallest absolute Gasteiger partial charge is 0.260 e. The molecule has 0 aliphatic carbocycles. The van der Waals surface area contributed by atoms with Gasteiger partial charge in [-0.05, 0) is 31.4 Å². The fraction of sp³-hybridized carbons (Fsp3) is 0.562. The zero-order chi connectivity index (χ0) is 16.2. The largest absolute Gasteiger partial charge is 0.481 e. The van der Waals surface area contributed by atoms with Crippen molar-refractivity contribution in [2.75, 3.05) is 26.4 Å². The summed E-state index contributed by atoms with van der Waals surface area (Å²) in [5.41, 5.74) is 0. The molecule has 0 unspecified atom stereocenters. The van der Waals surface area contributed by atoms with Crippen LogP contribution in [0.15, 0.2) is 18.2 Å². The number of piperidine rings is 1. The van der Waals surface area contributed by atoms with E-state index in [1.807, 2.05) is 0 Å². The second-order valence-electron chi connectivity index (χ2n) is 5.62. The fourth-order valence-corrected chi connectivity index (χ4v) is 2.96. The Kier molecular flexibility index (Phi) is 5.07. The normalized spacial score (nSPS) is 22.3. The summed E-state index contributed by atoms with van der Waals surface area (Å²) >= 11 is 0. The number of rotatable bonds is 4. The summed E-state index contributed by atoms with van der Waals surface area (Å²) in [7, 11) is 0. The molecular formula is C16H19F2NO4. The van der Waals surface area contributed by atoms with Gasteiger partial charge >= 0.3 is 0 Å².